The lowest BCUT2D eigenvalue weighted by Gasteiger charge is -2.27. The lowest BCUT2D eigenvalue weighted by atomic mass is 10.2. The third-order valence-corrected chi connectivity index (χ3v) is 3.50. The molecule has 0 atom stereocenters. The summed E-state index contributed by atoms with van der Waals surface area (Å²) in [7, 11) is 0. The Morgan fingerprint density at radius 2 is 1.83 bits per heavy atom. The molecule has 1 aromatic heterocycles. The van der Waals surface area contributed by atoms with Crippen LogP contribution in [0.25, 0.3) is 10.9 Å². The molecule has 94 valence electrons. The molecule has 18 heavy (non-hydrogen) atoms. The fraction of sp³-hybridized carbons (Fsp3) is 0.400. The minimum Gasteiger partial charge on any atom is -0.370 e. The van der Waals surface area contributed by atoms with Crippen molar-refractivity contribution in [1.82, 2.24) is 10.3 Å². The first-order valence-corrected chi connectivity index (χ1v) is 6.74. The summed E-state index contributed by atoms with van der Waals surface area (Å²) < 4.78 is 0. The van der Waals surface area contributed by atoms with Crippen LogP contribution >= 0.6 is 0 Å². The van der Waals surface area contributed by atoms with Crippen molar-refractivity contribution in [3.8, 4) is 0 Å². The van der Waals surface area contributed by atoms with Crippen molar-refractivity contribution >= 4 is 16.6 Å². The van der Waals surface area contributed by atoms with E-state index >= 15 is 0 Å². The molecule has 3 heteroatoms. The van der Waals surface area contributed by atoms with Crippen LogP contribution in [0.4, 0.5) is 5.69 Å². The molecule has 1 N–H and O–H groups in total. The van der Waals surface area contributed by atoms with Gasteiger partial charge in [0.15, 0.2) is 0 Å². The molecule has 0 unspecified atom stereocenters. The second kappa shape index (κ2) is 5.36. The van der Waals surface area contributed by atoms with Gasteiger partial charge in [-0.25, -0.2) is 0 Å². The molecule has 0 bridgehead atoms. The number of aromatic nitrogens is 1. The Kier molecular flexibility index (Phi) is 3.42. The molecule has 0 saturated carbocycles. The smallest absolute Gasteiger partial charge is 0.0703 e. The lowest BCUT2D eigenvalue weighted by molar-refractivity contribution is 0.567. The minimum atomic E-state index is 1.08. The number of hydrogen-bond donors (Lipinski definition) is 1. The van der Waals surface area contributed by atoms with Crippen LogP contribution in [-0.2, 0) is 0 Å². The predicted octanol–water partition coefficient (Wildman–Crippen LogP) is 2.42. The average Bonchev–Trinajstić information content (AvgIpc) is 2.38. The van der Waals surface area contributed by atoms with Gasteiger partial charge in [-0.2, -0.15) is 0 Å². The number of benzene rings is 1. The van der Waals surface area contributed by atoms with Gasteiger partial charge >= 0.3 is 0 Å². The Morgan fingerprint density at radius 1 is 1.06 bits per heavy atom. The molecular formula is C15H19N3. The number of nitrogens with one attached hydrogen (secondary N) is 1. The standard InChI is InChI=1S/C15H19N3/c1-2-6-15-13(5-1)11-14(12-17-15)18-9-3-7-16-8-4-10-18/h1-2,5-6,11-12,16H,3-4,7-10H2. The molecule has 1 aromatic carbocycles. The van der Waals surface area contributed by atoms with Crippen LogP contribution < -0.4 is 10.2 Å². The van der Waals surface area contributed by atoms with E-state index < -0.39 is 0 Å². The number of anilines is 1. The molecule has 0 aliphatic carbocycles. The van der Waals surface area contributed by atoms with Gasteiger partial charge in [0.25, 0.3) is 0 Å². The van der Waals surface area contributed by atoms with E-state index in [4.69, 9.17) is 0 Å². The molecule has 0 radical (unpaired) electrons. The third kappa shape index (κ3) is 2.46. The van der Waals surface area contributed by atoms with E-state index in [0.717, 1.165) is 31.7 Å². The molecule has 2 aromatic rings. The van der Waals surface area contributed by atoms with Crippen LogP contribution in [0.15, 0.2) is 36.5 Å². The van der Waals surface area contributed by atoms with Crippen LogP contribution in [0.3, 0.4) is 0 Å². The number of para-hydroxylation sites is 1. The second-order valence-electron chi connectivity index (χ2n) is 4.83. The maximum atomic E-state index is 4.55. The highest BCUT2D eigenvalue weighted by atomic mass is 15.1. The predicted molar refractivity (Wildman–Crippen MR) is 76.1 cm³/mol. The zero-order valence-corrected chi connectivity index (χ0v) is 10.6. The minimum absolute atomic E-state index is 1.08. The SMILES string of the molecule is c1ccc2ncc(N3CCCNCCC3)cc2c1. The number of hydrogen-bond acceptors (Lipinski definition) is 3. The average molecular weight is 241 g/mol. The van der Waals surface area contributed by atoms with Crippen molar-refractivity contribution in [1.29, 1.82) is 0 Å². The van der Waals surface area contributed by atoms with E-state index in [1.54, 1.807) is 0 Å². The van der Waals surface area contributed by atoms with Gasteiger partial charge in [0.05, 0.1) is 17.4 Å². The summed E-state index contributed by atoms with van der Waals surface area (Å²) in [5, 5.41) is 4.68. The number of pyridine rings is 1. The van der Waals surface area contributed by atoms with Crippen LogP contribution in [0.2, 0.25) is 0 Å². The van der Waals surface area contributed by atoms with Crippen molar-refractivity contribution in [3.05, 3.63) is 36.5 Å². The Labute approximate surface area is 108 Å². The summed E-state index contributed by atoms with van der Waals surface area (Å²) >= 11 is 0. The summed E-state index contributed by atoms with van der Waals surface area (Å²) in [6.07, 6.45) is 4.41. The van der Waals surface area contributed by atoms with Gasteiger partial charge in [-0.15, -0.1) is 0 Å². The van der Waals surface area contributed by atoms with Crippen LogP contribution in [0.1, 0.15) is 12.8 Å². The van der Waals surface area contributed by atoms with Crippen molar-refractivity contribution in [2.75, 3.05) is 31.1 Å². The van der Waals surface area contributed by atoms with E-state index in [-0.39, 0.29) is 0 Å². The summed E-state index contributed by atoms with van der Waals surface area (Å²) in [5.74, 6) is 0. The molecular weight excluding hydrogens is 222 g/mol. The van der Waals surface area contributed by atoms with Crippen molar-refractivity contribution in [3.63, 3.8) is 0 Å². The first-order valence-electron chi connectivity index (χ1n) is 6.74. The molecule has 1 fully saturated rings. The Bertz CT molecular complexity index is 516. The molecule has 2 heterocycles. The Hall–Kier alpha value is -1.61. The van der Waals surface area contributed by atoms with Gasteiger partial charge in [-0.05, 0) is 38.1 Å². The van der Waals surface area contributed by atoms with E-state index in [2.05, 4.69) is 39.5 Å². The van der Waals surface area contributed by atoms with Crippen molar-refractivity contribution in [2.24, 2.45) is 0 Å². The molecule has 3 nitrogen and oxygen atoms in total. The van der Waals surface area contributed by atoms with Gasteiger partial charge in [0.2, 0.25) is 0 Å². The van der Waals surface area contributed by atoms with Gasteiger partial charge in [0.1, 0.15) is 0 Å². The van der Waals surface area contributed by atoms with Gasteiger partial charge in [0, 0.05) is 18.5 Å². The topological polar surface area (TPSA) is 28.2 Å². The fourth-order valence-electron chi connectivity index (χ4n) is 2.52. The largest absolute Gasteiger partial charge is 0.370 e. The lowest BCUT2D eigenvalue weighted by Crippen LogP contribution is -2.33. The maximum Gasteiger partial charge on any atom is 0.0703 e. The number of rotatable bonds is 1. The first kappa shape index (κ1) is 11.5. The zero-order chi connectivity index (χ0) is 12.2. The second-order valence-corrected chi connectivity index (χ2v) is 4.83. The highest BCUT2D eigenvalue weighted by molar-refractivity contribution is 5.81. The molecule has 1 aliphatic rings. The van der Waals surface area contributed by atoms with Crippen LogP contribution in [0.5, 0.6) is 0 Å². The van der Waals surface area contributed by atoms with Crippen LogP contribution in [-0.4, -0.2) is 31.2 Å². The third-order valence-electron chi connectivity index (χ3n) is 3.50. The quantitative estimate of drug-likeness (QED) is 0.831. The van der Waals surface area contributed by atoms with E-state index in [9.17, 15) is 0 Å². The highest BCUT2D eigenvalue weighted by Gasteiger charge is 2.09. The van der Waals surface area contributed by atoms with Gasteiger partial charge < -0.3 is 10.2 Å². The molecule has 3 rings (SSSR count). The summed E-state index contributed by atoms with van der Waals surface area (Å²) in [6, 6.07) is 10.6. The number of fused-ring (bicyclic) bond motifs is 1. The monoisotopic (exact) mass is 241 g/mol. The molecule has 0 amide bonds. The Balaban J connectivity index is 1.87. The zero-order valence-electron chi connectivity index (χ0n) is 10.6. The van der Waals surface area contributed by atoms with E-state index in [1.807, 2.05) is 12.3 Å². The van der Waals surface area contributed by atoms with E-state index in [0.29, 0.717) is 0 Å². The van der Waals surface area contributed by atoms with Crippen molar-refractivity contribution < 1.29 is 0 Å². The summed E-state index contributed by atoms with van der Waals surface area (Å²) in [6.45, 7) is 4.48. The van der Waals surface area contributed by atoms with Crippen molar-refractivity contribution in [2.45, 2.75) is 12.8 Å². The Morgan fingerprint density at radius 3 is 2.67 bits per heavy atom. The summed E-state index contributed by atoms with van der Waals surface area (Å²) in [4.78, 5) is 7.01. The van der Waals surface area contributed by atoms with Gasteiger partial charge in [-0.1, -0.05) is 18.2 Å². The van der Waals surface area contributed by atoms with E-state index in [1.165, 1.54) is 23.9 Å². The first-order chi connectivity index (χ1) is 8.93. The maximum absolute atomic E-state index is 4.55. The normalized spacial score (nSPS) is 17.4. The molecule has 1 saturated heterocycles. The summed E-state index contributed by atoms with van der Waals surface area (Å²) in [5.41, 5.74) is 2.34. The fourth-order valence-corrected chi connectivity index (χ4v) is 2.52. The molecule has 1 aliphatic heterocycles. The van der Waals surface area contributed by atoms with Gasteiger partial charge in [-0.3, -0.25) is 4.98 Å². The number of nitrogens with zero attached hydrogens (tertiary/aromatic N) is 2. The molecule has 0 spiro atoms. The van der Waals surface area contributed by atoms with Crippen LogP contribution in [0, 0.1) is 0 Å². The highest BCUT2D eigenvalue weighted by Crippen LogP contribution is 2.20.